The first-order valence-corrected chi connectivity index (χ1v) is 11.9. The third-order valence-corrected chi connectivity index (χ3v) is 7.14. The van der Waals surface area contributed by atoms with E-state index in [4.69, 9.17) is 21.1 Å². The lowest BCUT2D eigenvalue weighted by molar-refractivity contribution is -0.135. The minimum absolute atomic E-state index is 0.0552. The highest BCUT2D eigenvalue weighted by molar-refractivity contribution is 9.09. The Morgan fingerprint density at radius 2 is 1.97 bits per heavy atom. The molecule has 1 aromatic rings. The van der Waals surface area contributed by atoms with Gasteiger partial charge in [-0.1, -0.05) is 39.7 Å². The van der Waals surface area contributed by atoms with Crippen LogP contribution in [0, 0.1) is 5.92 Å². The Morgan fingerprint density at radius 1 is 1.23 bits per heavy atom. The number of fused-ring (bicyclic) bond motifs is 1. The number of hydrogen-bond acceptors (Lipinski definition) is 4. The van der Waals surface area contributed by atoms with Gasteiger partial charge in [0.05, 0.1) is 23.6 Å². The van der Waals surface area contributed by atoms with Crippen molar-refractivity contribution in [3.63, 3.8) is 0 Å². The average molecular weight is 497 g/mol. The van der Waals surface area contributed by atoms with E-state index in [-0.39, 0.29) is 35.6 Å². The minimum atomic E-state index is -0.437. The van der Waals surface area contributed by atoms with E-state index in [2.05, 4.69) is 15.9 Å². The number of carbonyl (C=O) groups excluding carboxylic acids is 2. The Hall–Kier alpha value is -1.37. The van der Waals surface area contributed by atoms with Crippen LogP contribution >= 0.6 is 27.5 Å². The molecule has 4 atom stereocenters. The second-order valence-corrected chi connectivity index (χ2v) is 10.2. The SMILES string of the molecule is CC(C)OCCCN1C(=O)C2=C(C(=O)C3CC(Br)CCC3O2)C1c1ccc(Cl)cc1. The fraction of sp³-hybridized carbons (Fsp3) is 0.565. The number of hydrogen-bond donors (Lipinski definition) is 0. The molecule has 0 saturated heterocycles. The van der Waals surface area contributed by atoms with Crippen molar-refractivity contribution in [3.05, 3.63) is 46.2 Å². The van der Waals surface area contributed by atoms with Crippen molar-refractivity contribution < 1.29 is 19.1 Å². The van der Waals surface area contributed by atoms with Gasteiger partial charge in [0.1, 0.15) is 6.10 Å². The molecule has 1 amide bonds. The smallest absolute Gasteiger partial charge is 0.290 e. The van der Waals surface area contributed by atoms with Gasteiger partial charge in [-0.2, -0.15) is 0 Å². The summed E-state index contributed by atoms with van der Waals surface area (Å²) in [5, 5.41) is 0.620. The van der Waals surface area contributed by atoms with Crippen LogP contribution in [-0.2, 0) is 19.1 Å². The van der Waals surface area contributed by atoms with E-state index in [0.29, 0.717) is 35.0 Å². The van der Waals surface area contributed by atoms with Crippen LogP contribution in [-0.4, -0.2) is 46.8 Å². The summed E-state index contributed by atoms with van der Waals surface area (Å²) in [5.74, 6) is -0.0883. The first kappa shape index (κ1) is 21.8. The van der Waals surface area contributed by atoms with Crippen molar-refractivity contribution in [2.24, 2.45) is 5.92 Å². The molecule has 4 unspecified atom stereocenters. The molecular weight excluding hydrogens is 470 g/mol. The van der Waals surface area contributed by atoms with Crippen LogP contribution in [0.4, 0.5) is 0 Å². The molecule has 2 heterocycles. The normalized spacial score (nSPS) is 28.6. The van der Waals surface area contributed by atoms with Crippen LogP contribution in [0.1, 0.15) is 51.1 Å². The molecule has 1 fully saturated rings. The lowest BCUT2D eigenvalue weighted by Gasteiger charge is -2.37. The van der Waals surface area contributed by atoms with E-state index in [1.165, 1.54) is 0 Å². The van der Waals surface area contributed by atoms with E-state index in [0.717, 1.165) is 24.8 Å². The van der Waals surface area contributed by atoms with Gasteiger partial charge in [-0.3, -0.25) is 9.59 Å². The summed E-state index contributed by atoms with van der Waals surface area (Å²) in [4.78, 5) is 28.9. The molecule has 1 aliphatic carbocycles. The van der Waals surface area contributed by atoms with Gasteiger partial charge in [0.2, 0.25) is 0 Å². The molecule has 1 aromatic carbocycles. The largest absolute Gasteiger partial charge is 0.483 e. The fourth-order valence-electron chi connectivity index (χ4n) is 4.64. The Balaban J connectivity index is 1.65. The van der Waals surface area contributed by atoms with Gasteiger partial charge >= 0.3 is 0 Å². The number of ketones is 1. The van der Waals surface area contributed by atoms with Crippen LogP contribution in [0.25, 0.3) is 0 Å². The van der Waals surface area contributed by atoms with Crippen molar-refractivity contribution in [1.29, 1.82) is 0 Å². The zero-order valence-electron chi connectivity index (χ0n) is 17.3. The van der Waals surface area contributed by atoms with Gasteiger partial charge in [-0.15, -0.1) is 0 Å². The molecule has 7 heteroatoms. The van der Waals surface area contributed by atoms with Gasteiger partial charge in [0, 0.05) is 23.0 Å². The Morgan fingerprint density at radius 3 is 2.67 bits per heavy atom. The molecule has 30 heavy (non-hydrogen) atoms. The molecule has 1 saturated carbocycles. The number of rotatable bonds is 6. The summed E-state index contributed by atoms with van der Waals surface area (Å²) in [6.07, 6.45) is 3.10. The summed E-state index contributed by atoms with van der Waals surface area (Å²) < 4.78 is 11.8. The third kappa shape index (κ3) is 4.19. The molecule has 4 rings (SSSR count). The van der Waals surface area contributed by atoms with E-state index in [1.54, 1.807) is 17.0 Å². The number of alkyl halides is 1. The van der Waals surface area contributed by atoms with Gasteiger partial charge in [0.25, 0.3) is 5.91 Å². The molecular formula is C23H27BrClNO4. The van der Waals surface area contributed by atoms with E-state index < -0.39 is 6.04 Å². The number of amides is 1. The van der Waals surface area contributed by atoms with Crippen molar-refractivity contribution >= 4 is 39.2 Å². The standard InChI is InChI=1S/C23H27BrClNO4/c1-13(2)29-11-3-10-26-20(14-4-7-16(25)8-5-14)19-21(27)17-12-15(24)6-9-18(17)30-22(19)23(26)28/h4-5,7-8,13,15,17-18,20H,3,6,9-12H2,1-2H3. The number of carbonyl (C=O) groups is 2. The molecule has 2 aliphatic heterocycles. The van der Waals surface area contributed by atoms with Crippen molar-refractivity contribution in [3.8, 4) is 0 Å². The maximum atomic E-state index is 13.6. The number of nitrogens with zero attached hydrogens (tertiary/aromatic N) is 1. The van der Waals surface area contributed by atoms with Crippen LogP contribution in [0.3, 0.4) is 0 Å². The molecule has 5 nitrogen and oxygen atoms in total. The second-order valence-electron chi connectivity index (χ2n) is 8.51. The maximum Gasteiger partial charge on any atom is 0.290 e. The van der Waals surface area contributed by atoms with E-state index in [9.17, 15) is 9.59 Å². The Bertz CT molecular complexity index is 853. The lowest BCUT2D eigenvalue weighted by atomic mass is 9.77. The van der Waals surface area contributed by atoms with Gasteiger partial charge in [-0.05, 0) is 57.2 Å². The molecule has 0 bridgehead atoms. The zero-order chi connectivity index (χ0) is 21.4. The minimum Gasteiger partial charge on any atom is -0.483 e. The highest BCUT2D eigenvalue weighted by Gasteiger charge is 2.52. The molecule has 0 radical (unpaired) electrons. The van der Waals surface area contributed by atoms with Crippen LogP contribution < -0.4 is 0 Å². The zero-order valence-corrected chi connectivity index (χ0v) is 19.6. The Kier molecular flexibility index (Phi) is 6.56. The summed E-state index contributed by atoms with van der Waals surface area (Å²) in [6.45, 7) is 5.04. The van der Waals surface area contributed by atoms with Crippen LogP contribution in [0.5, 0.6) is 0 Å². The summed E-state index contributed by atoms with van der Waals surface area (Å²) in [6, 6.07) is 6.94. The first-order chi connectivity index (χ1) is 14.4. The lowest BCUT2D eigenvalue weighted by Crippen LogP contribution is -2.41. The predicted molar refractivity (Wildman–Crippen MR) is 119 cm³/mol. The quantitative estimate of drug-likeness (QED) is 0.418. The third-order valence-electron chi connectivity index (χ3n) is 6.06. The summed E-state index contributed by atoms with van der Waals surface area (Å²) >= 11 is 9.75. The van der Waals surface area contributed by atoms with Gasteiger partial charge < -0.3 is 14.4 Å². The topological polar surface area (TPSA) is 55.8 Å². The molecule has 3 aliphatic rings. The van der Waals surface area contributed by atoms with Crippen molar-refractivity contribution in [2.75, 3.05) is 13.2 Å². The summed E-state index contributed by atoms with van der Waals surface area (Å²) in [5.41, 5.74) is 1.39. The molecule has 0 aromatic heterocycles. The van der Waals surface area contributed by atoms with Crippen molar-refractivity contribution in [1.82, 2.24) is 4.90 Å². The van der Waals surface area contributed by atoms with Gasteiger partial charge in [0.15, 0.2) is 11.5 Å². The number of halogens is 2. The molecule has 0 N–H and O–H groups in total. The Labute approximate surface area is 190 Å². The van der Waals surface area contributed by atoms with Crippen molar-refractivity contribution in [2.45, 2.75) is 62.6 Å². The maximum absolute atomic E-state index is 13.6. The second kappa shape index (κ2) is 9.01. The monoisotopic (exact) mass is 495 g/mol. The van der Waals surface area contributed by atoms with E-state index >= 15 is 0 Å². The number of benzene rings is 1. The van der Waals surface area contributed by atoms with E-state index in [1.807, 2.05) is 26.0 Å². The number of ether oxygens (including phenoxy) is 2. The first-order valence-electron chi connectivity index (χ1n) is 10.6. The van der Waals surface area contributed by atoms with Crippen LogP contribution in [0.15, 0.2) is 35.6 Å². The van der Waals surface area contributed by atoms with Crippen LogP contribution in [0.2, 0.25) is 5.02 Å². The molecule has 0 spiro atoms. The highest BCUT2D eigenvalue weighted by Crippen LogP contribution is 2.47. The van der Waals surface area contributed by atoms with Gasteiger partial charge in [-0.25, -0.2) is 0 Å². The summed E-state index contributed by atoms with van der Waals surface area (Å²) in [7, 11) is 0. The molecule has 162 valence electrons. The average Bonchev–Trinajstić information content (AvgIpc) is 2.99. The predicted octanol–water partition coefficient (Wildman–Crippen LogP) is 4.82. The fourth-order valence-corrected chi connectivity index (χ4v) is 5.43. The number of Topliss-reactive ketones (excluding diaryl/α,β-unsaturated/α-hetero) is 1. The highest BCUT2D eigenvalue weighted by atomic mass is 79.9.